The van der Waals surface area contributed by atoms with Gasteiger partial charge in [-0.25, -0.2) is 0 Å². The molecular weight excluding hydrogens is 382 g/mol. The number of furan rings is 1. The molecule has 30 heavy (non-hydrogen) atoms. The lowest BCUT2D eigenvalue weighted by Gasteiger charge is -2.28. The first-order chi connectivity index (χ1) is 14.7. The van der Waals surface area contributed by atoms with Gasteiger partial charge in [0.15, 0.2) is 0 Å². The zero-order valence-electron chi connectivity index (χ0n) is 17.5. The van der Waals surface area contributed by atoms with Gasteiger partial charge >= 0.3 is 0 Å². The quantitative estimate of drug-likeness (QED) is 0.587. The molecule has 1 amide bonds. The molecular formula is C23H27N3O4. The van der Waals surface area contributed by atoms with Gasteiger partial charge in [0, 0.05) is 25.1 Å². The third kappa shape index (κ3) is 4.41. The third-order valence-corrected chi connectivity index (χ3v) is 5.29. The average molecular weight is 409 g/mol. The first kappa shape index (κ1) is 20.2. The second-order valence-electron chi connectivity index (χ2n) is 7.47. The van der Waals surface area contributed by atoms with Crippen molar-refractivity contribution in [3.8, 4) is 11.3 Å². The maximum atomic E-state index is 12.8. The zero-order chi connectivity index (χ0) is 20.9. The van der Waals surface area contributed by atoms with E-state index in [0.29, 0.717) is 38.6 Å². The highest BCUT2D eigenvalue weighted by Gasteiger charge is 2.27. The summed E-state index contributed by atoms with van der Waals surface area (Å²) >= 11 is 0. The van der Waals surface area contributed by atoms with Gasteiger partial charge in [-0.1, -0.05) is 35.8 Å². The Morgan fingerprint density at radius 1 is 1.17 bits per heavy atom. The summed E-state index contributed by atoms with van der Waals surface area (Å²) < 4.78 is 16.8. The van der Waals surface area contributed by atoms with Gasteiger partial charge in [0.2, 0.25) is 11.8 Å². The molecule has 3 aromatic rings. The van der Waals surface area contributed by atoms with E-state index in [9.17, 15) is 4.79 Å². The number of ether oxygens (including phenoxy) is 1. The van der Waals surface area contributed by atoms with Crippen molar-refractivity contribution in [3.63, 3.8) is 0 Å². The molecule has 0 unspecified atom stereocenters. The van der Waals surface area contributed by atoms with Gasteiger partial charge in [0.05, 0.1) is 38.1 Å². The molecule has 0 radical (unpaired) electrons. The summed E-state index contributed by atoms with van der Waals surface area (Å²) in [5, 5.41) is 4.42. The largest absolute Gasteiger partial charge is 0.467 e. The molecule has 3 heterocycles. The Bertz CT molecular complexity index is 974. The van der Waals surface area contributed by atoms with Crippen molar-refractivity contribution in [1.82, 2.24) is 10.1 Å². The number of benzene rings is 1. The summed E-state index contributed by atoms with van der Waals surface area (Å²) in [7, 11) is 0. The third-order valence-electron chi connectivity index (χ3n) is 5.29. The zero-order valence-corrected chi connectivity index (χ0v) is 17.5. The lowest BCUT2D eigenvalue weighted by molar-refractivity contribution is -0.132. The van der Waals surface area contributed by atoms with Crippen molar-refractivity contribution in [2.75, 3.05) is 31.2 Å². The van der Waals surface area contributed by atoms with Crippen LogP contribution in [0, 0.1) is 6.92 Å². The molecule has 1 fully saturated rings. The van der Waals surface area contributed by atoms with Gasteiger partial charge in [-0.15, -0.1) is 0 Å². The highest BCUT2D eigenvalue weighted by molar-refractivity contribution is 5.77. The fraction of sp³-hybridized carbons (Fsp3) is 0.391. The molecule has 1 aliphatic rings. The molecule has 4 rings (SSSR count). The number of hydrogen-bond acceptors (Lipinski definition) is 6. The topological polar surface area (TPSA) is 72.0 Å². The Morgan fingerprint density at radius 2 is 2.00 bits per heavy atom. The number of aryl methyl sites for hydroxylation is 1. The van der Waals surface area contributed by atoms with Crippen LogP contribution in [0.2, 0.25) is 0 Å². The fourth-order valence-corrected chi connectivity index (χ4v) is 3.71. The molecule has 7 heteroatoms. The molecule has 0 spiro atoms. The van der Waals surface area contributed by atoms with Gasteiger partial charge in [0.1, 0.15) is 11.5 Å². The SMILES string of the molecule is CCC(=O)N(Cc1ccco1)Cc1c(-c2cccc(C)c2)noc1N1CCOCC1. The second kappa shape index (κ2) is 9.17. The molecule has 1 aliphatic heterocycles. The minimum Gasteiger partial charge on any atom is -0.467 e. The Balaban J connectivity index is 1.72. The number of rotatable bonds is 7. The Morgan fingerprint density at radius 3 is 2.70 bits per heavy atom. The van der Waals surface area contributed by atoms with Crippen LogP contribution in [0.5, 0.6) is 0 Å². The summed E-state index contributed by atoms with van der Waals surface area (Å²) in [4.78, 5) is 16.7. The fourth-order valence-electron chi connectivity index (χ4n) is 3.71. The summed E-state index contributed by atoms with van der Waals surface area (Å²) in [6.07, 6.45) is 2.04. The molecule has 0 atom stereocenters. The van der Waals surface area contributed by atoms with Crippen molar-refractivity contribution in [3.05, 3.63) is 59.5 Å². The number of hydrogen-bond donors (Lipinski definition) is 0. The van der Waals surface area contributed by atoms with E-state index in [-0.39, 0.29) is 5.91 Å². The number of aromatic nitrogens is 1. The first-order valence-electron chi connectivity index (χ1n) is 10.3. The standard InChI is InChI=1S/C23H27N3O4/c1-3-21(27)26(15-19-8-5-11-29-19)16-20-22(18-7-4-6-17(2)14-18)24-30-23(20)25-9-12-28-13-10-25/h4-8,11,14H,3,9-10,12-13,15-16H2,1-2H3. The van der Waals surface area contributed by atoms with Crippen molar-refractivity contribution in [2.24, 2.45) is 0 Å². The maximum Gasteiger partial charge on any atom is 0.233 e. The van der Waals surface area contributed by atoms with E-state index in [1.165, 1.54) is 0 Å². The Labute approximate surface area is 176 Å². The molecule has 1 aromatic carbocycles. The van der Waals surface area contributed by atoms with Crippen LogP contribution in [0.25, 0.3) is 11.3 Å². The molecule has 0 aliphatic carbocycles. The first-order valence-corrected chi connectivity index (χ1v) is 10.3. The van der Waals surface area contributed by atoms with E-state index in [1.807, 2.05) is 31.2 Å². The van der Waals surface area contributed by atoms with E-state index in [1.54, 1.807) is 11.2 Å². The monoisotopic (exact) mass is 409 g/mol. The van der Waals surface area contributed by atoms with Gasteiger partial charge in [-0.05, 0) is 25.1 Å². The van der Waals surface area contributed by atoms with Crippen molar-refractivity contribution in [2.45, 2.75) is 33.4 Å². The van der Waals surface area contributed by atoms with E-state index in [2.05, 4.69) is 29.1 Å². The number of anilines is 1. The van der Waals surface area contributed by atoms with Crippen molar-refractivity contribution >= 4 is 11.8 Å². The molecule has 0 bridgehead atoms. The van der Waals surface area contributed by atoms with Crippen LogP contribution in [0.1, 0.15) is 30.2 Å². The van der Waals surface area contributed by atoms with Crippen LogP contribution in [0.4, 0.5) is 5.88 Å². The smallest absolute Gasteiger partial charge is 0.233 e. The Hall–Kier alpha value is -3.06. The Kier molecular flexibility index (Phi) is 6.18. The van der Waals surface area contributed by atoms with Gasteiger partial charge in [-0.3, -0.25) is 4.79 Å². The lowest BCUT2D eigenvalue weighted by Crippen LogP contribution is -2.37. The predicted octanol–water partition coefficient (Wildman–Crippen LogP) is 4.02. The summed E-state index contributed by atoms with van der Waals surface area (Å²) in [6.45, 7) is 7.47. The van der Waals surface area contributed by atoms with Gasteiger partial charge in [0.25, 0.3) is 0 Å². The average Bonchev–Trinajstić information content (AvgIpc) is 3.43. The number of nitrogens with zero attached hydrogens (tertiary/aromatic N) is 3. The highest BCUT2D eigenvalue weighted by atomic mass is 16.5. The number of amides is 1. The van der Waals surface area contributed by atoms with Crippen LogP contribution < -0.4 is 4.90 Å². The second-order valence-corrected chi connectivity index (χ2v) is 7.47. The minimum absolute atomic E-state index is 0.0516. The molecule has 0 N–H and O–H groups in total. The minimum atomic E-state index is 0.0516. The lowest BCUT2D eigenvalue weighted by atomic mass is 10.0. The van der Waals surface area contributed by atoms with Crippen LogP contribution in [-0.2, 0) is 22.6 Å². The molecule has 158 valence electrons. The highest BCUT2D eigenvalue weighted by Crippen LogP contribution is 2.33. The normalized spacial score (nSPS) is 14.1. The van der Waals surface area contributed by atoms with Crippen LogP contribution >= 0.6 is 0 Å². The molecule has 0 saturated carbocycles. The predicted molar refractivity (Wildman–Crippen MR) is 113 cm³/mol. The van der Waals surface area contributed by atoms with Crippen LogP contribution in [-0.4, -0.2) is 42.3 Å². The summed E-state index contributed by atoms with van der Waals surface area (Å²) in [5.41, 5.74) is 3.81. The van der Waals surface area contributed by atoms with Gasteiger partial charge in [-0.2, -0.15) is 0 Å². The van der Waals surface area contributed by atoms with Crippen LogP contribution in [0.3, 0.4) is 0 Å². The molecule has 2 aromatic heterocycles. The van der Waals surface area contributed by atoms with E-state index in [0.717, 1.165) is 41.2 Å². The van der Waals surface area contributed by atoms with E-state index < -0.39 is 0 Å². The van der Waals surface area contributed by atoms with Crippen molar-refractivity contribution < 1.29 is 18.5 Å². The van der Waals surface area contributed by atoms with Gasteiger partial charge < -0.3 is 23.5 Å². The number of carbonyl (C=O) groups is 1. The maximum absolute atomic E-state index is 12.8. The van der Waals surface area contributed by atoms with Crippen LogP contribution in [0.15, 0.2) is 51.6 Å². The van der Waals surface area contributed by atoms with Crippen molar-refractivity contribution in [1.29, 1.82) is 0 Å². The van der Waals surface area contributed by atoms with E-state index >= 15 is 0 Å². The molecule has 7 nitrogen and oxygen atoms in total. The molecule has 1 saturated heterocycles. The van der Waals surface area contributed by atoms with E-state index in [4.69, 9.17) is 13.7 Å². The summed E-state index contributed by atoms with van der Waals surface area (Å²) in [6, 6.07) is 11.9. The summed E-state index contributed by atoms with van der Waals surface area (Å²) in [5.74, 6) is 1.51. The number of carbonyl (C=O) groups excluding carboxylic acids is 1. The number of morpholine rings is 1.